The standard InChI is InChI=1S/C15H22N2/c16-14-9-4-10-15-13(14)8-5-11-17(15)12-6-2-1-3-7-12/h4,9-10,12H,1-3,5-8,11,16H2. The van der Waals surface area contributed by atoms with Crippen LogP contribution in [0, 0.1) is 0 Å². The van der Waals surface area contributed by atoms with E-state index in [-0.39, 0.29) is 0 Å². The maximum atomic E-state index is 6.11. The highest BCUT2D eigenvalue weighted by molar-refractivity contribution is 5.66. The van der Waals surface area contributed by atoms with Crippen molar-refractivity contribution in [3.63, 3.8) is 0 Å². The predicted molar refractivity (Wildman–Crippen MR) is 73.4 cm³/mol. The number of nitrogens with two attached hydrogens (primary N) is 1. The Morgan fingerprint density at radius 1 is 1.06 bits per heavy atom. The second-order valence-corrected chi connectivity index (χ2v) is 5.43. The molecule has 1 aromatic rings. The molecule has 0 atom stereocenters. The number of nitrogen functional groups attached to an aromatic ring is 1. The summed E-state index contributed by atoms with van der Waals surface area (Å²) in [5, 5.41) is 0. The van der Waals surface area contributed by atoms with Crippen LogP contribution < -0.4 is 10.6 Å². The van der Waals surface area contributed by atoms with Gasteiger partial charge in [-0.1, -0.05) is 25.3 Å². The average Bonchev–Trinajstić information content (AvgIpc) is 2.40. The monoisotopic (exact) mass is 230 g/mol. The zero-order valence-electron chi connectivity index (χ0n) is 10.5. The van der Waals surface area contributed by atoms with Crippen LogP contribution in [-0.2, 0) is 6.42 Å². The van der Waals surface area contributed by atoms with Crippen molar-refractivity contribution >= 4 is 11.4 Å². The van der Waals surface area contributed by atoms with Crippen molar-refractivity contribution in [1.82, 2.24) is 0 Å². The van der Waals surface area contributed by atoms with Crippen LogP contribution in [0.2, 0.25) is 0 Å². The summed E-state index contributed by atoms with van der Waals surface area (Å²) in [5.74, 6) is 0. The Balaban J connectivity index is 1.90. The van der Waals surface area contributed by atoms with E-state index in [2.05, 4.69) is 17.0 Å². The number of nitrogens with zero attached hydrogens (tertiary/aromatic N) is 1. The molecule has 0 aromatic heterocycles. The maximum Gasteiger partial charge on any atom is 0.0421 e. The smallest absolute Gasteiger partial charge is 0.0421 e. The van der Waals surface area contributed by atoms with Crippen molar-refractivity contribution in [2.45, 2.75) is 51.0 Å². The van der Waals surface area contributed by atoms with Gasteiger partial charge in [0.1, 0.15) is 0 Å². The van der Waals surface area contributed by atoms with E-state index in [1.165, 1.54) is 56.3 Å². The molecule has 2 nitrogen and oxygen atoms in total. The number of anilines is 2. The number of fused-ring (bicyclic) bond motifs is 1. The van der Waals surface area contributed by atoms with Crippen LogP contribution in [-0.4, -0.2) is 12.6 Å². The van der Waals surface area contributed by atoms with E-state index >= 15 is 0 Å². The second kappa shape index (κ2) is 4.59. The van der Waals surface area contributed by atoms with Gasteiger partial charge in [0.15, 0.2) is 0 Å². The molecule has 0 unspecified atom stereocenters. The second-order valence-electron chi connectivity index (χ2n) is 5.43. The van der Waals surface area contributed by atoms with Gasteiger partial charge < -0.3 is 10.6 Å². The summed E-state index contributed by atoms with van der Waals surface area (Å²) in [6, 6.07) is 7.18. The lowest BCUT2D eigenvalue weighted by Crippen LogP contribution is -2.40. The third-order valence-corrected chi connectivity index (χ3v) is 4.34. The van der Waals surface area contributed by atoms with Gasteiger partial charge in [-0.2, -0.15) is 0 Å². The van der Waals surface area contributed by atoms with E-state index in [0.29, 0.717) is 0 Å². The predicted octanol–water partition coefficient (Wildman–Crippen LogP) is 3.35. The van der Waals surface area contributed by atoms with Crippen molar-refractivity contribution in [3.05, 3.63) is 23.8 Å². The SMILES string of the molecule is Nc1cccc2c1CCCN2C1CCCCC1. The summed E-state index contributed by atoms with van der Waals surface area (Å²) in [5.41, 5.74) is 9.91. The van der Waals surface area contributed by atoms with Gasteiger partial charge in [0.05, 0.1) is 0 Å². The van der Waals surface area contributed by atoms with E-state index in [1.807, 2.05) is 6.07 Å². The Hall–Kier alpha value is -1.18. The molecule has 0 radical (unpaired) electrons. The molecule has 17 heavy (non-hydrogen) atoms. The van der Waals surface area contributed by atoms with E-state index in [9.17, 15) is 0 Å². The molecule has 1 aliphatic carbocycles. The van der Waals surface area contributed by atoms with Crippen LogP contribution in [0.15, 0.2) is 18.2 Å². The molecule has 0 amide bonds. The first kappa shape index (κ1) is 10.9. The first-order chi connectivity index (χ1) is 8.36. The Morgan fingerprint density at radius 2 is 1.88 bits per heavy atom. The fourth-order valence-electron chi connectivity index (χ4n) is 3.45. The van der Waals surface area contributed by atoms with Gasteiger partial charge in [0.2, 0.25) is 0 Å². The molecule has 0 bridgehead atoms. The molecule has 2 aliphatic rings. The van der Waals surface area contributed by atoms with Gasteiger partial charge in [-0.05, 0) is 43.4 Å². The van der Waals surface area contributed by atoms with E-state index in [4.69, 9.17) is 5.73 Å². The minimum absolute atomic E-state index is 0.768. The number of benzene rings is 1. The lowest BCUT2D eigenvalue weighted by Gasteiger charge is -2.40. The Morgan fingerprint density at radius 3 is 2.71 bits per heavy atom. The summed E-state index contributed by atoms with van der Waals surface area (Å²) in [4.78, 5) is 2.63. The van der Waals surface area contributed by atoms with Crippen LogP contribution in [0.4, 0.5) is 11.4 Å². The van der Waals surface area contributed by atoms with Gasteiger partial charge >= 0.3 is 0 Å². The fraction of sp³-hybridized carbons (Fsp3) is 0.600. The Labute approximate surface area is 104 Å². The molecule has 0 spiro atoms. The molecule has 1 saturated carbocycles. The molecule has 2 N–H and O–H groups in total. The van der Waals surface area contributed by atoms with Crippen LogP contribution in [0.1, 0.15) is 44.1 Å². The molecular weight excluding hydrogens is 208 g/mol. The molecule has 2 heteroatoms. The lowest BCUT2D eigenvalue weighted by molar-refractivity contribution is 0.408. The Kier molecular flexibility index (Phi) is 2.96. The molecule has 1 fully saturated rings. The van der Waals surface area contributed by atoms with Crippen molar-refractivity contribution < 1.29 is 0 Å². The van der Waals surface area contributed by atoms with Gasteiger partial charge in [0, 0.05) is 24.0 Å². The maximum absolute atomic E-state index is 6.11. The highest BCUT2D eigenvalue weighted by Crippen LogP contribution is 2.35. The van der Waals surface area contributed by atoms with Crippen LogP contribution in [0.3, 0.4) is 0 Å². The minimum atomic E-state index is 0.768. The molecular formula is C15H22N2. The molecule has 1 aliphatic heterocycles. The van der Waals surface area contributed by atoms with E-state index in [0.717, 1.165) is 18.2 Å². The fourth-order valence-corrected chi connectivity index (χ4v) is 3.45. The summed E-state index contributed by atoms with van der Waals surface area (Å²) >= 11 is 0. The number of rotatable bonds is 1. The zero-order chi connectivity index (χ0) is 11.7. The topological polar surface area (TPSA) is 29.3 Å². The highest BCUT2D eigenvalue weighted by atomic mass is 15.2. The molecule has 0 saturated heterocycles. The van der Waals surface area contributed by atoms with E-state index in [1.54, 1.807) is 0 Å². The largest absolute Gasteiger partial charge is 0.398 e. The van der Waals surface area contributed by atoms with Gasteiger partial charge in [-0.3, -0.25) is 0 Å². The van der Waals surface area contributed by atoms with Gasteiger partial charge in [-0.15, -0.1) is 0 Å². The zero-order valence-corrected chi connectivity index (χ0v) is 10.5. The normalized spacial score (nSPS) is 21.3. The Bertz CT molecular complexity index is 394. The van der Waals surface area contributed by atoms with E-state index < -0.39 is 0 Å². The summed E-state index contributed by atoms with van der Waals surface area (Å²) in [6.45, 7) is 1.22. The number of hydrogen-bond donors (Lipinski definition) is 1. The summed E-state index contributed by atoms with van der Waals surface area (Å²) in [6.07, 6.45) is 9.39. The van der Waals surface area contributed by atoms with Crippen LogP contribution >= 0.6 is 0 Å². The van der Waals surface area contributed by atoms with Crippen LogP contribution in [0.25, 0.3) is 0 Å². The minimum Gasteiger partial charge on any atom is -0.398 e. The average molecular weight is 230 g/mol. The van der Waals surface area contributed by atoms with Crippen molar-refractivity contribution in [2.75, 3.05) is 17.2 Å². The molecule has 3 rings (SSSR count). The summed E-state index contributed by atoms with van der Waals surface area (Å²) in [7, 11) is 0. The van der Waals surface area contributed by atoms with Gasteiger partial charge in [-0.25, -0.2) is 0 Å². The quantitative estimate of drug-likeness (QED) is 0.750. The van der Waals surface area contributed by atoms with Crippen molar-refractivity contribution in [2.24, 2.45) is 0 Å². The van der Waals surface area contributed by atoms with Crippen molar-refractivity contribution in [3.8, 4) is 0 Å². The van der Waals surface area contributed by atoms with Crippen molar-refractivity contribution in [1.29, 1.82) is 0 Å². The third-order valence-electron chi connectivity index (χ3n) is 4.34. The first-order valence-corrected chi connectivity index (χ1v) is 7.00. The summed E-state index contributed by atoms with van der Waals surface area (Å²) < 4.78 is 0. The third kappa shape index (κ3) is 2.01. The molecule has 92 valence electrons. The first-order valence-electron chi connectivity index (χ1n) is 7.00. The lowest BCUT2D eigenvalue weighted by atomic mass is 9.91. The number of hydrogen-bond acceptors (Lipinski definition) is 2. The highest BCUT2D eigenvalue weighted by Gasteiger charge is 2.26. The molecule has 1 aromatic carbocycles. The molecule has 1 heterocycles. The van der Waals surface area contributed by atoms with Crippen LogP contribution in [0.5, 0.6) is 0 Å². The van der Waals surface area contributed by atoms with Gasteiger partial charge in [0.25, 0.3) is 0 Å².